The number of nitrogens with two attached hydrogens (primary N) is 1. The third-order valence-corrected chi connectivity index (χ3v) is 2.61. The number of nitrogen functional groups attached to an aromatic ring is 1. The first-order chi connectivity index (χ1) is 10.2. The summed E-state index contributed by atoms with van der Waals surface area (Å²) >= 11 is 0. The van der Waals surface area contributed by atoms with Crippen molar-refractivity contribution in [1.29, 1.82) is 0 Å². The molecule has 6 nitrogen and oxygen atoms in total. The molecule has 0 saturated carbocycles. The molecule has 0 saturated heterocycles. The first kappa shape index (κ1) is 12.9. The van der Waals surface area contributed by atoms with Crippen LogP contribution in [-0.4, -0.2) is 20.2 Å². The lowest BCUT2D eigenvalue weighted by Gasteiger charge is -2.04. The third-order valence-electron chi connectivity index (χ3n) is 2.61. The molecule has 0 unspecified atom stereocenters. The minimum Gasteiger partial charge on any atom is -0.424 e. The first-order valence-electron chi connectivity index (χ1n) is 6.06. The average molecular weight is 283 g/mol. The second-order valence-electron chi connectivity index (χ2n) is 4.16. The van der Waals surface area contributed by atoms with Crippen LogP contribution in [0.25, 0.3) is 11.3 Å². The molecular weight excluding hydrogens is 273 g/mol. The smallest absolute Gasteiger partial charge is 0.321 e. The predicted molar refractivity (Wildman–Crippen MR) is 73.9 cm³/mol. The van der Waals surface area contributed by atoms with E-state index in [1.165, 1.54) is 12.1 Å². The highest BCUT2D eigenvalue weighted by Crippen LogP contribution is 2.20. The summed E-state index contributed by atoms with van der Waals surface area (Å²) in [5.74, 6) is 0.280. The Morgan fingerprint density at radius 2 is 1.81 bits per heavy atom. The van der Waals surface area contributed by atoms with Crippen LogP contribution < -0.4 is 10.5 Å². The van der Waals surface area contributed by atoms with Crippen LogP contribution in [0.4, 0.5) is 10.2 Å². The van der Waals surface area contributed by atoms with Gasteiger partial charge in [0.15, 0.2) is 0 Å². The van der Waals surface area contributed by atoms with E-state index in [1.807, 2.05) is 0 Å². The van der Waals surface area contributed by atoms with Crippen LogP contribution in [0.3, 0.4) is 0 Å². The summed E-state index contributed by atoms with van der Waals surface area (Å²) in [6, 6.07) is 9.22. The zero-order valence-electron chi connectivity index (χ0n) is 10.8. The first-order valence-corrected chi connectivity index (χ1v) is 6.06. The van der Waals surface area contributed by atoms with E-state index in [4.69, 9.17) is 10.5 Å². The number of anilines is 1. The molecule has 3 rings (SSSR count). The molecule has 2 heterocycles. The quantitative estimate of drug-likeness (QED) is 0.794. The largest absolute Gasteiger partial charge is 0.424 e. The topological polar surface area (TPSA) is 86.8 Å². The summed E-state index contributed by atoms with van der Waals surface area (Å²) in [6.45, 7) is 0. The average Bonchev–Trinajstić information content (AvgIpc) is 2.49. The van der Waals surface area contributed by atoms with Crippen molar-refractivity contribution in [1.82, 2.24) is 20.2 Å². The van der Waals surface area contributed by atoms with Crippen LogP contribution in [0.1, 0.15) is 0 Å². The summed E-state index contributed by atoms with van der Waals surface area (Å²) in [5, 5.41) is 7.68. The van der Waals surface area contributed by atoms with Gasteiger partial charge in [0.05, 0.1) is 5.69 Å². The van der Waals surface area contributed by atoms with E-state index in [0.29, 0.717) is 22.8 Å². The normalized spacial score (nSPS) is 10.3. The summed E-state index contributed by atoms with van der Waals surface area (Å²) in [6.07, 6.45) is 3.09. The van der Waals surface area contributed by atoms with Gasteiger partial charge < -0.3 is 10.5 Å². The molecule has 0 radical (unpaired) electrons. The van der Waals surface area contributed by atoms with Gasteiger partial charge in [-0.25, -0.2) is 14.4 Å². The molecule has 2 N–H and O–H groups in total. The maximum atomic E-state index is 13.0. The maximum Gasteiger partial charge on any atom is 0.321 e. The Balaban J connectivity index is 1.79. The van der Waals surface area contributed by atoms with Crippen molar-refractivity contribution in [3.05, 3.63) is 54.6 Å². The molecule has 0 spiro atoms. The van der Waals surface area contributed by atoms with Gasteiger partial charge in [-0.3, -0.25) is 0 Å². The number of aromatic nitrogens is 4. The fraction of sp³-hybridized carbons (Fsp3) is 0. The summed E-state index contributed by atoms with van der Waals surface area (Å²) < 4.78 is 18.4. The molecule has 0 fully saturated rings. The monoisotopic (exact) mass is 283 g/mol. The van der Waals surface area contributed by atoms with Gasteiger partial charge in [0.1, 0.15) is 17.4 Å². The number of benzene rings is 1. The molecule has 0 aliphatic carbocycles. The van der Waals surface area contributed by atoms with E-state index in [0.717, 1.165) is 0 Å². The van der Waals surface area contributed by atoms with Crippen LogP contribution >= 0.6 is 0 Å². The lowest BCUT2D eigenvalue weighted by molar-refractivity contribution is 0.438. The van der Waals surface area contributed by atoms with Crippen LogP contribution in [0.15, 0.2) is 48.8 Å². The van der Waals surface area contributed by atoms with Gasteiger partial charge in [0.25, 0.3) is 0 Å². The Kier molecular flexibility index (Phi) is 3.38. The third kappa shape index (κ3) is 3.08. The minimum absolute atomic E-state index is 0.118. The van der Waals surface area contributed by atoms with Crippen LogP contribution in [0, 0.1) is 5.82 Å². The molecule has 1 aromatic carbocycles. The Bertz CT molecular complexity index is 746. The lowest BCUT2D eigenvalue weighted by Crippen LogP contribution is -1.96. The lowest BCUT2D eigenvalue weighted by atomic mass is 10.2. The van der Waals surface area contributed by atoms with E-state index in [1.54, 1.807) is 36.7 Å². The number of halogens is 1. The number of rotatable bonds is 3. The second kappa shape index (κ2) is 5.49. The molecule has 7 heteroatoms. The molecule has 0 bridgehead atoms. The maximum absolute atomic E-state index is 13.0. The summed E-state index contributed by atoms with van der Waals surface area (Å²) in [4.78, 5) is 8.10. The van der Waals surface area contributed by atoms with Gasteiger partial charge in [-0.1, -0.05) is 6.07 Å². The zero-order valence-corrected chi connectivity index (χ0v) is 10.8. The van der Waals surface area contributed by atoms with Crippen LogP contribution in [-0.2, 0) is 0 Å². The van der Waals surface area contributed by atoms with Crippen molar-refractivity contribution in [2.75, 3.05) is 5.73 Å². The van der Waals surface area contributed by atoms with Gasteiger partial charge in [-0.05, 0) is 24.3 Å². The van der Waals surface area contributed by atoms with Crippen molar-refractivity contribution in [3.8, 4) is 23.0 Å². The van der Waals surface area contributed by atoms with Crippen molar-refractivity contribution in [3.63, 3.8) is 0 Å². The summed E-state index contributed by atoms with van der Waals surface area (Å²) in [5.41, 5.74) is 6.75. The van der Waals surface area contributed by atoms with Crippen molar-refractivity contribution in [2.24, 2.45) is 0 Å². The van der Waals surface area contributed by atoms with Crippen molar-refractivity contribution < 1.29 is 9.13 Å². The molecule has 21 heavy (non-hydrogen) atoms. The standard InChI is InChI=1S/C14H10FN5O/c15-10-2-1-3-11(6-10)21-14-17-7-9(8-18-14)12-4-5-13(16)20-19-12/h1-8H,(H2,16,20). The molecule has 0 aliphatic heterocycles. The van der Waals surface area contributed by atoms with Crippen molar-refractivity contribution >= 4 is 5.82 Å². The Labute approximate surface area is 119 Å². The second-order valence-corrected chi connectivity index (χ2v) is 4.16. The molecular formula is C14H10FN5O. The van der Waals surface area contributed by atoms with Gasteiger partial charge in [-0.2, -0.15) is 0 Å². The van der Waals surface area contributed by atoms with E-state index < -0.39 is 0 Å². The van der Waals surface area contributed by atoms with Gasteiger partial charge in [0, 0.05) is 24.0 Å². The highest BCUT2D eigenvalue weighted by molar-refractivity contribution is 5.56. The highest BCUT2D eigenvalue weighted by Gasteiger charge is 2.05. The predicted octanol–water partition coefficient (Wildman–Crippen LogP) is 2.45. The fourth-order valence-corrected chi connectivity index (χ4v) is 1.63. The van der Waals surface area contributed by atoms with E-state index >= 15 is 0 Å². The zero-order chi connectivity index (χ0) is 14.7. The molecule has 0 atom stereocenters. The summed E-state index contributed by atoms with van der Waals surface area (Å²) in [7, 11) is 0. The van der Waals surface area contributed by atoms with Gasteiger partial charge in [0.2, 0.25) is 0 Å². The fourth-order valence-electron chi connectivity index (χ4n) is 1.63. The Hall–Kier alpha value is -3.09. The molecule has 104 valence electrons. The van der Waals surface area contributed by atoms with E-state index in [2.05, 4.69) is 20.2 Å². The Morgan fingerprint density at radius 1 is 1.00 bits per heavy atom. The van der Waals surface area contributed by atoms with Crippen LogP contribution in [0.2, 0.25) is 0 Å². The molecule has 2 aromatic heterocycles. The Morgan fingerprint density at radius 3 is 2.48 bits per heavy atom. The molecule has 0 amide bonds. The number of nitrogens with zero attached hydrogens (tertiary/aromatic N) is 4. The number of hydrogen-bond acceptors (Lipinski definition) is 6. The molecule has 3 aromatic rings. The van der Waals surface area contributed by atoms with Gasteiger partial charge >= 0.3 is 6.01 Å². The van der Waals surface area contributed by atoms with E-state index in [9.17, 15) is 4.39 Å². The van der Waals surface area contributed by atoms with Crippen LogP contribution in [0.5, 0.6) is 11.8 Å². The molecule has 0 aliphatic rings. The number of ether oxygens (including phenoxy) is 1. The highest BCUT2D eigenvalue weighted by atomic mass is 19.1. The number of hydrogen-bond donors (Lipinski definition) is 1. The van der Waals surface area contributed by atoms with E-state index in [-0.39, 0.29) is 11.8 Å². The SMILES string of the molecule is Nc1ccc(-c2cnc(Oc3cccc(F)c3)nc2)nn1. The van der Waals surface area contributed by atoms with Gasteiger partial charge in [-0.15, -0.1) is 10.2 Å². The van der Waals surface area contributed by atoms with Crippen molar-refractivity contribution in [2.45, 2.75) is 0 Å². The minimum atomic E-state index is -0.388.